The highest BCUT2D eigenvalue weighted by molar-refractivity contribution is 5.47. The summed E-state index contributed by atoms with van der Waals surface area (Å²) in [5.41, 5.74) is 2.39. The summed E-state index contributed by atoms with van der Waals surface area (Å²) in [6, 6.07) is 0.423. The summed E-state index contributed by atoms with van der Waals surface area (Å²) < 4.78 is 0. The Morgan fingerprint density at radius 2 is 2.05 bits per heavy atom. The van der Waals surface area contributed by atoms with Gasteiger partial charge in [0.15, 0.2) is 0 Å². The molecular weight excluding hydrogens is 266 g/mol. The van der Waals surface area contributed by atoms with Crippen LogP contribution >= 0.6 is 0 Å². The van der Waals surface area contributed by atoms with Crippen LogP contribution in [0.25, 0.3) is 0 Å². The molecule has 0 fully saturated rings. The van der Waals surface area contributed by atoms with Gasteiger partial charge in [0.1, 0.15) is 0 Å². The fourth-order valence-electron chi connectivity index (χ4n) is 2.78. The minimum atomic E-state index is -0.298. The molecule has 5 heteroatoms. The molecule has 0 aliphatic heterocycles. The average molecular weight is 293 g/mol. The third-order valence-corrected chi connectivity index (χ3v) is 4.06. The quantitative estimate of drug-likeness (QED) is 0.588. The molecule has 0 aromatic carbocycles. The van der Waals surface area contributed by atoms with Crippen molar-refractivity contribution in [3.63, 3.8) is 0 Å². The van der Waals surface area contributed by atoms with Crippen LogP contribution in [-0.4, -0.2) is 22.5 Å². The Balaban J connectivity index is 2.92. The van der Waals surface area contributed by atoms with E-state index in [9.17, 15) is 10.1 Å². The average Bonchev–Trinajstić information content (AvgIpc) is 2.42. The van der Waals surface area contributed by atoms with E-state index in [2.05, 4.69) is 31.1 Å². The molecule has 0 aliphatic rings. The van der Waals surface area contributed by atoms with E-state index in [-0.39, 0.29) is 10.6 Å². The van der Waals surface area contributed by atoms with E-state index in [1.54, 1.807) is 20.0 Å². The first kappa shape index (κ1) is 17.6. The van der Waals surface area contributed by atoms with Crippen LogP contribution in [-0.2, 0) is 6.42 Å². The number of nitro groups is 1. The lowest BCUT2D eigenvalue weighted by Gasteiger charge is -2.24. The molecule has 1 rings (SSSR count). The Bertz CT molecular complexity index is 489. The lowest BCUT2D eigenvalue weighted by atomic mass is 9.92. The van der Waals surface area contributed by atoms with Gasteiger partial charge in [-0.3, -0.25) is 15.1 Å². The second-order valence-electron chi connectivity index (χ2n) is 5.77. The number of nitrogens with zero attached hydrogens (tertiary/aromatic N) is 2. The monoisotopic (exact) mass is 293 g/mol. The van der Waals surface area contributed by atoms with Crippen LogP contribution < -0.4 is 5.32 Å². The van der Waals surface area contributed by atoms with Gasteiger partial charge < -0.3 is 5.32 Å². The van der Waals surface area contributed by atoms with Crippen molar-refractivity contribution >= 4 is 5.69 Å². The van der Waals surface area contributed by atoms with Gasteiger partial charge in [0.2, 0.25) is 0 Å². The van der Waals surface area contributed by atoms with Crippen molar-refractivity contribution in [1.29, 1.82) is 0 Å². The molecule has 0 bridgehead atoms. The Labute approximate surface area is 127 Å². The molecule has 118 valence electrons. The van der Waals surface area contributed by atoms with E-state index in [0.717, 1.165) is 31.5 Å². The Hall–Kier alpha value is -1.49. The zero-order valence-electron chi connectivity index (χ0n) is 13.8. The van der Waals surface area contributed by atoms with E-state index in [1.807, 2.05) is 0 Å². The van der Waals surface area contributed by atoms with Crippen molar-refractivity contribution in [3.05, 3.63) is 33.1 Å². The standard InChI is InChI=1S/C16H27N3O2/c1-6-8-17-14(7-2)11(3)9-15-13(5)16(19(20)21)12(4)10-18-15/h10-11,14,17H,6-9H2,1-5H3. The van der Waals surface area contributed by atoms with Gasteiger partial charge in [-0.15, -0.1) is 0 Å². The Kier molecular flexibility index (Phi) is 6.75. The minimum Gasteiger partial charge on any atom is -0.314 e. The van der Waals surface area contributed by atoms with E-state index >= 15 is 0 Å². The van der Waals surface area contributed by atoms with Gasteiger partial charge in [-0.1, -0.05) is 20.8 Å². The third-order valence-electron chi connectivity index (χ3n) is 4.06. The molecular formula is C16H27N3O2. The lowest BCUT2D eigenvalue weighted by molar-refractivity contribution is -0.386. The Morgan fingerprint density at radius 1 is 1.38 bits per heavy atom. The second kappa shape index (κ2) is 8.08. The molecule has 1 aromatic rings. The van der Waals surface area contributed by atoms with Gasteiger partial charge in [-0.25, -0.2) is 0 Å². The zero-order chi connectivity index (χ0) is 16.0. The third kappa shape index (κ3) is 4.49. The predicted molar refractivity (Wildman–Crippen MR) is 85.6 cm³/mol. The van der Waals surface area contributed by atoms with Crippen LogP contribution in [0.5, 0.6) is 0 Å². The molecule has 0 radical (unpaired) electrons. The molecule has 2 unspecified atom stereocenters. The summed E-state index contributed by atoms with van der Waals surface area (Å²) >= 11 is 0. The number of aryl methyl sites for hydroxylation is 1. The van der Waals surface area contributed by atoms with Crippen molar-refractivity contribution in [2.24, 2.45) is 5.92 Å². The molecule has 0 amide bonds. The van der Waals surface area contributed by atoms with Crippen molar-refractivity contribution in [2.75, 3.05) is 6.54 Å². The van der Waals surface area contributed by atoms with Crippen molar-refractivity contribution < 1.29 is 4.92 Å². The summed E-state index contributed by atoms with van der Waals surface area (Å²) in [6.07, 6.45) is 4.54. The fourth-order valence-corrected chi connectivity index (χ4v) is 2.78. The lowest BCUT2D eigenvalue weighted by Crippen LogP contribution is -2.36. The van der Waals surface area contributed by atoms with Gasteiger partial charge in [0, 0.05) is 23.4 Å². The summed E-state index contributed by atoms with van der Waals surface area (Å²) in [4.78, 5) is 15.3. The molecule has 1 aromatic heterocycles. The highest BCUT2D eigenvalue weighted by atomic mass is 16.6. The number of aromatic nitrogens is 1. The summed E-state index contributed by atoms with van der Waals surface area (Å²) in [6.45, 7) is 11.1. The van der Waals surface area contributed by atoms with Crippen LogP contribution in [0.3, 0.4) is 0 Å². The molecule has 2 atom stereocenters. The molecule has 0 spiro atoms. The fraction of sp³-hybridized carbons (Fsp3) is 0.688. The smallest absolute Gasteiger partial charge is 0.278 e. The molecule has 1 heterocycles. The van der Waals surface area contributed by atoms with Crippen LogP contribution in [0.15, 0.2) is 6.20 Å². The number of hydrogen-bond donors (Lipinski definition) is 1. The zero-order valence-corrected chi connectivity index (χ0v) is 13.8. The van der Waals surface area contributed by atoms with Crippen LogP contribution in [0, 0.1) is 29.9 Å². The summed E-state index contributed by atoms with van der Waals surface area (Å²) in [5, 5.41) is 14.7. The summed E-state index contributed by atoms with van der Waals surface area (Å²) in [7, 11) is 0. The largest absolute Gasteiger partial charge is 0.314 e. The minimum absolute atomic E-state index is 0.210. The second-order valence-corrected chi connectivity index (χ2v) is 5.77. The topological polar surface area (TPSA) is 68.1 Å². The van der Waals surface area contributed by atoms with E-state index in [4.69, 9.17) is 0 Å². The maximum atomic E-state index is 11.2. The van der Waals surface area contributed by atoms with Gasteiger partial charge in [0.25, 0.3) is 5.69 Å². The van der Waals surface area contributed by atoms with Crippen LogP contribution in [0.2, 0.25) is 0 Å². The molecule has 1 N–H and O–H groups in total. The number of hydrogen-bond acceptors (Lipinski definition) is 4. The first-order chi connectivity index (χ1) is 9.92. The predicted octanol–water partition coefficient (Wildman–Crippen LogP) is 3.56. The first-order valence-corrected chi connectivity index (χ1v) is 7.75. The highest BCUT2D eigenvalue weighted by Crippen LogP contribution is 2.26. The van der Waals surface area contributed by atoms with Crippen LogP contribution in [0.4, 0.5) is 5.69 Å². The summed E-state index contributed by atoms with van der Waals surface area (Å²) in [5.74, 6) is 0.398. The first-order valence-electron chi connectivity index (χ1n) is 7.75. The van der Waals surface area contributed by atoms with Gasteiger partial charge >= 0.3 is 0 Å². The number of pyridine rings is 1. The van der Waals surface area contributed by atoms with E-state index < -0.39 is 0 Å². The van der Waals surface area contributed by atoms with Crippen molar-refractivity contribution in [1.82, 2.24) is 10.3 Å². The molecule has 21 heavy (non-hydrogen) atoms. The van der Waals surface area contributed by atoms with Gasteiger partial charge in [-0.2, -0.15) is 0 Å². The molecule has 5 nitrogen and oxygen atoms in total. The maximum Gasteiger partial charge on any atom is 0.278 e. The normalized spacial score (nSPS) is 14.0. The number of rotatable bonds is 8. The maximum absolute atomic E-state index is 11.2. The van der Waals surface area contributed by atoms with Gasteiger partial charge in [0.05, 0.1) is 10.6 Å². The molecule has 0 saturated carbocycles. The van der Waals surface area contributed by atoms with Crippen LogP contribution in [0.1, 0.15) is 50.4 Å². The number of nitrogens with one attached hydrogen (secondary N) is 1. The molecule has 0 saturated heterocycles. The van der Waals surface area contributed by atoms with Crippen molar-refractivity contribution in [3.8, 4) is 0 Å². The SMILES string of the molecule is CCCNC(CC)C(C)Cc1ncc(C)c([N+](=O)[O-])c1C. The Morgan fingerprint density at radius 3 is 2.57 bits per heavy atom. The molecule has 0 aliphatic carbocycles. The highest BCUT2D eigenvalue weighted by Gasteiger charge is 2.22. The van der Waals surface area contributed by atoms with Gasteiger partial charge in [-0.05, 0) is 45.6 Å². The van der Waals surface area contributed by atoms with E-state index in [0.29, 0.717) is 23.1 Å². The van der Waals surface area contributed by atoms with E-state index in [1.165, 1.54) is 0 Å². The van der Waals surface area contributed by atoms with Crippen molar-refractivity contribution in [2.45, 2.75) is 59.9 Å².